The molecule has 1 atom stereocenters. The average Bonchev–Trinajstić information content (AvgIpc) is 2.62. The Morgan fingerprint density at radius 2 is 2.29 bits per heavy atom. The first kappa shape index (κ1) is 18.5. The summed E-state index contributed by atoms with van der Waals surface area (Å²) < 4.78 is 5.27. The Labute approximate surface area is 145 Å². The largest absolute Gasteiger partial charge is 0.481 e. The van der Waals surface area contributed by atoms with E-state index in [0.717, 1.165) is 37.1 Å². The zero-order chi connectivity index (χ0) is 17.2. The highest BCUT2D eigenvalue weighted by molar-refractivity contribution is 5.79. The number of aliphatic imine (C=N–C) groups is 1. The number of rotatable bonds is 7. The average molecular weight is 333 g/mol. The van der Waals surface area contributed by atoms with E-state index in [4.69, 9.17) is 4.74 Å². The molecule has 1 unspecified atom stereocenters. The number of nitrogens with one attached hydrogen (secondary N) is 2. The number of aromatic nitrogens is 1. The van der Waals surface area contributed by atoms with E-state index in [9.17, 15) is 0 Å². The van der Waals surface area contributed by atoms with Gasteiger partial charge >= 0.3 is 0 Å². The number of methoxy groups -OCH3 is 1. The van der Waals surface area contributed by atoms with Gasteiger partial charge in [0.1, 0.15) is 0 Å². The normalized spacial score (nSPS) is 19.1. The van der Waals surface area contributed by atoms with Gasteiger partial charge in [0.05, 0.1) is 7.11 Å². The molecule has 1 aromatic heterocycles. The zero-order valence-corrected chi connectivity index (χ0v) is 15.2. The molecule has 1 aliphatic rings. The lowest BCUT2D eigenvalue weighted by Gasteiger charge is -2.33. The second-order valence-electron chi connectivity index (χ2n) is 6.26. The fourth-order valence-electron chi connectivity index (χ4n) is 3.12. The fraction of sp³-hybridized carbons (Fsp3) is 0.667. The third-order valence-corrected chi connectivity index (χ3v) is 4.57. The van der Waals surface area contributed by atoms with Gasteiger partial charge in [0.2, 0.25) is 5.88 Å². The van der Waals surface area contributed by atoms with Crippen molar-refractivity contribution >= 4 is 5.96 Å². The van der Waals surface area contributed by atoms with Crippen LogP contribution in [0.5, 0.6) is 5.88 Å². The predicted molar refractivity (Wildman–Crippen MR) is 98.5 cm³/mol. The maximum Gasteiger partial charge on any atom is 0.218 e. The third-order valence-electron chi connectivity index (χ3n) is 4.57. The molecule has 0 amide bonds. The minimum atomic E-state index is 0.639. The predicted octanol–water partition coefficient (Wildman–Crippen LogP) is 2.02. The highest BCUT2D eigenvalue weighted by atomic mass is 16.5. The smallest absolute Gasteiger partial charge is 0.218 e. The Bertz CT molecular complexity index is 520. The lowest BCUT2D eigenvalue weighted by atomic mass is 10.0. The van der Waals surface area contributed by atoms with Crippen LogP contribution in [-0.2, 0) is 6.54 Å². The van der Waals surface area contributed by atoms with Crippen LogP contribution >= 0.6 is 0 Å². The molecule has 0 spiro atoms. The highest BCUT2D eigenvalue weighted by Crippen LogP contribution is 2.16. The molecule has 1 fully saturated rings. The number of hydrogen-bond donors (Lipinski definition) is 2. The van der Waals surface area contributed by atoms with Crippen molar-refractivity contribution in [1.29, 1.82) is 0 Å². The number of piperidine rings is 1. The molecule has 1 aliphatic heterocycles. The molecule has 1 aromatic rings. The molecule has 0 bridgehead atoms. The lowest BCUT2D eigenvalue weighted by Crippen LogP contribution is -2.41. The van der Waals surface area contributed by atoms with Gasteiger partial charge in [0, 0.05) is 44.5 Å². The van der Waals surface area contributed by atoms with Crippen LogP contribution in [0.15, 0.2) is 23.3 Å². The number of guanidine groups is 1. The van der Waals surface area contributed by atoms with Crippen LogP contribution in [0.1, 0.15) is 38.2 Å². The topological polar surface area (TPSA) is 61.8 Å². The van der Waals surface area contributed by atoms with Gasteiger partial charge in [-0.2, -0.15) is 0 Å². The molecule has 134 valence electrons. The van der Waals surface area contributed by atoms with E-state index < -0.39 is 0 Å². The number of pyridine rings is 1. The summed E-state index contributed by atoms with van der Waals surface area (Å²) in [5.41, 5.74) is 1.02. The van der Waals surface area contributed by atoms with Crippen molar-refractivity contribution < 1.29 is 4.74 Å². The summed E-state index contributed by atoms with van der Waals surface area (Å²) in [5, 5.41) is 6.70. The Morgan fingerprint density at radius 3 is 3.04 bits per heavy atom. The summed E-state index contributed by atoms with van der Waals surface area (Å²) >= 11 is 0. The summed E-state index contributed by atoms with van der Waals surface area (Å²) in [5.74, 6) is 1.46. The van der Waals surface area contributed by atoms with E-state index in [1.807, 2.05) is 12.1 Å². The van der Waals surface area contributed by atoms with E-state index in [-0.39, 0.29) is 0 Å². The van der Waals surface area contributed by atoms with Crippen LogP contribution in [0.3, 0.4) is 0 Å². The second-order valence-corrected chi connectivity index (χ2v) is 6.26. The van der Waals surface area contributed by atoms with Gasteiger partial charge in [-0.3, -0.25) is 4.99 Å². The minimum Gasteiger partial charge on any atom is -0.481 e. The van der Waals surface area contributed by atoms with Gasteiger partial charge in [-0.05, 0) is 38.8 Å². The van der Waals surface area contributed by atoms with Crippen LogP contribution in [0.25, 0.3) is 0 Å². The van der Waals surface area contributed by atoms with E-state index in [2.05, 4.69) is 32.4 Å². The van der Waals surface area contributed by atoms with Crippen LogP contribution < -0.4 is 15.4 Å². The van der Waals surface area contributed by atoms with Crippen molar-refractivity contribution in [2.75, 3.05) is 33.8 Å². The fourth-order valence-corrected chi connectivity index (χ4v) is 3.12. The van der Waals surface area contributed by atoms with Crippen molar-refractivity contribution in [3.05, 3.63) is 23.9 Å². The van der Waals surface area contributed by atoms with Gasteiger partial charge in [0.15, 0.2) is 5.96 Å². The molecule has 6 heteroatoms. The van der Waals surface area contributed by atoms with Crippen LogP contribution in [0, 0.1) is 0 Å². The number of nitrogens with zero attached hydrogens (tertiary/aromatic N) is 3. The third kappa shape index (κ3) is 5.67. The summed E-state index contributed by atoms with van der Waals surface area (Å²) in [6.07, 6.45) is 6.92. The number of hydrogen-bond acceptors (Lipinski definition) is 4. The summed E-state index contributed by atoms with van der Waals surface area (Å²) in [6, 6.07) is 4.65. The summed E-state index contributed by atoms with van der Waals surface area (Å²) in [4.78, 5) is 11.1. The molecule has 6 nitrogen and oxygen atoms in total. The van der Waals surface area contributed by atoms with Gasteiger partial charge in [-0.1, -0.05) is 12.5 Å². The van der Waals surface area contributed by atoms with Gasteiger partial charge in [-0.25, -0.2) is 4.98 Å². The lowest BCUT2D eigenvalue weighted by molar-refractivity contribution is 0.159. The zero-order valence-electron chi connectivity index (χ0n) is 15.2. The van der Waals surface area contributed by atoms with Gasteiger partial charge < -0.3 is 20.3 Å². The Kier molecular flexibility index (Phi) is 7.82. The molecule has 1 saturated heterocycles. The van der Waals surface area contributed by atoms with E-state index in [1.54, 1.807) is 20.4 Å². The minimum absolute atomic E-state index is 0.639. The monoisotopic (exact) mass is 333 g/mol. The quantitative estimate of drug-likeness (QED) is 0.454. The molecule has 2 N–H and O–H groups in total. The molecule has 0 aromatic carbocycles. The number of ether oxygens (including phenoxy) is 1. The maximum absolute atomic E-state index is 5.27. The maximum atomic E-state index is 5.27. The molecule has 2 heterocycles. The van der Waals surface area contributed by atoms with Crippen molar-refractivity contribution in [2.45, 2.75) is 45.2 Å². The van der Waals surface area contributed by atoms with Crippen LogP contribution in [0.4, 0.5) is 0 Å². The van der Waals surface area contributed by atoms with Crippen molar-refractivity contribution in [3.8, 4) is 5.88 Å². The van der Waals surface area contributed by atoms with Crippen LogP contribution in [0.2, 0.25) is 0 Å². The Hall–Kier alpha value is -1.82. The highest BCUT2D eigenvalue weighted by Gasteiger charge is 2.17. The molecule has 24 heavy (non-hydrogen) atoms. The van der Waals surface area contributed by atoms with Gasteiger partial charge in [-0.15, -0.1) is 0 Å². The number of likely N-dealkylation sites (tertiary alicyclic amines) is 1. The standard InChI is InChI=1S/C18H31N5O/c1-15-8-4-5-12-23(15)13-7-11-21-18(19-2)22-14-16-9-6-10-20-17(16)24-3/h6,9-10,15H,4-5,7-8,11-14H2,1-3H3,(H2,19,21,22). The molecule has 0 aliphatic carbocycles. The molecular weight excluding hydrogens is 302 g/mol. The molecule has 0 saturated carbocycles. The van der Waals surface area contributed by atoms with Gasteiger partial charge in [0.25, 0.3) is 0 Å². The molecular formula is C18H31N5O. The van der Waals surface area contributed by atoms with Crippen LogP contribution in [-0.4, -0.2) is 55.7 Å². The second kappa shape index (κ2) is 10.1. The van der Waals surface area contributed by atoms with E-state index in [0.29, 0.717) is 12.4 Å². The van der Waals surface area contributed by atoms with E-state index in [1.165, 1.54) is 25.8 Å². The molecule has 2 rings (SSSR count). The first-order valence-corrected chi connectivity index (χ1v) is 8.91. The summed E-state index contributed by atoms with van der Waals surface area (Å²) in [7, 11) is 3.43. The summed E-state index contributed by atoms with van der Waals surface area (Å²) in [6.45, 7) is 6.30. The van der Waals surface area contributed by atoms with E-state index >= 15 is 0 Å². The van der Waals surface area contributed by atoms with Crippen molar-refractivity contribution in [2.24, 2.45) is 4.99 Å². The first-order chi connectivity index (χ1) is 11.7. The first-order valence-electron chi connectivity index (χ1n) is 8.91. The molecule has 0 radical (unpaired) electrons. The van der Waals surface area contributed by atoms with Crippen molar-refractivity contribution in [1.82, 2.24) is 20.5 Å². The Morgan fingerprint density at radius 1 is 1.42 bits per heavy atom. The SMILES string of the molecule is CN=C(NCCCN1CCCCC1C)NCc1cccnc1OC. The Balaban J connectivity index is 1.69. The van der Waals surface area contributed by atoms with Crippen molar-refractivity contribution in [3.63, 3.8) is 0 Å².